The predicted octanol–water partition coefficient (Wildman–Crippen LogP) is 3.44. The second-order valence-electron chi connectivity index (χ2n) is 5.41. The number of halogens is 1. The lowest BCUT2D eigenvalue weighted by atomic mass is 10.0. The van der Waals surface area contributed by atoms with Crippen molar-refractivity contribution in [2.45, 2.75) is 51.1 Å². The van der Waals surface area contributed by atoms with Gasteiger partial charge in [-0.25, -0.2) is 0 Å². The van der Waals surface area contributed by atoms with Crippen molar-refractivity contribution in [1.82, 2.24) is 10.6 Å². The SMILES string of the molecule is CCC(NC(=O)CCC1CCCN1)c1ccc(Cl)cc1. The topological polar surface area (TPSA) is 41.1 Å². The second-order valence-corrected chi connectivity index (χ2v) is 5.85. The summed E-state index contributed by atoms with van der Waals surface area (Å²) in [5.41, 5.74) is 1.12. The van der Waals surface area contributed by atoms with E-state index in [0.717, 1.165) is 30.0 Å². The van der Waals surface area contributed by atoms with Crippen LogP contribution >= 0.6 is 11.6 Å². The van der Waals surface area contributed by atoms with Gasteiger partial charge in [-0.3, -0.25) is 4.79 Å². The Morgan fingerprint density at radius 1 is 1.45 bits per heavy atom. The number of nitrogens with one attached hydrogen (secondary N) is 2. The Labute approximate surface area is 126 Å². The van der Waals surface area contributed by atoms with Crippen LogP contribution in [0, 0.1) is 0 Å². The van der Waals surface area contributed by atoms with Crippen molar-refractivity contribution in [2.75, 3.05) is 6.54 Å². The second kappa shape index (κ2) is 7.65. The molecule has 0 bridgehead atoms. The molecule has 0 spiro atoms. The minimum atomic E-state index is 0.0799. The van der Waals surface area contributed by atoms with Crippen molar-refractivity contribution in [3.05, 3.63) is 34.9 Å². The Kier molecular flexibility index (Phi) is 5.86. The maximum Gasteiger partial charge on any atom is 0.220 e. The van der Waals surface area contributed by atoms with Crippen molar-refractivity contribution in [1.29, 1.82) is 0 Å². The zero-order chi connectivity index (χ0) is 14.4. The fourth-order valence-electron chi connectivity index (χ4n) is 2.69. The summed E-state index contributed by atoms with van der Waals surface area (Å²) in [5, 5.41) is 7.26. The van der Waals surface area contributed by atoms with Crippen LogP contribution in [-0.4, -0.2) is 18.5 Å². The average molecular weight is 295 g/mol. The summed E-state index contributed by atoms with van der Waals surface area (Å²) in [6.07, 6.45) is 4.84. The first-order chi connectivity index (χ1) is 9.69. The molecule has 1 fully saturated rings. The van der Waals surface area contributed by atoms with Gasteiger partial charge >= 0.3 is 0 Å². The summed E-state index contributed by atoms with van der Waals surface area (Å²) in [7, 11) is 0. The summed E-state index contributed by atoms with van der Waals surface area (Å²) < 4.78 is 0. The standard InChI is InChI=1S/C16H23ClN2O/c1-2-15(12-5-7-13(17)8-6-12)19-16(20)10-9-14-4-3-11-18-14/h5-8,14-15,18H,2-4,9-11H2,1H3,(H,19,20). The summed E-state index contributed by atoms with van der Waals surface area (Å²) in [5.74, 6) is 0.139. The van der Waals surface area contributed by atoms with Gasteiger partial charge in [-0.15, -0.1) is 0 Å². The van der Waals surface area contributed by atoms with E-state index in [2.05, 4.69) is 17.6 Å². The third-order valence-corrected chi connectivity index (χ3v) is 4.15. The van der Waals surface area contributed by atoms with Crippen LogP contribution in [0.1, 0.15) is 50.6 Å². The Morgan fingerprint density at radius 3 is 2.80 bits per heavy atom. The number of hydrogen-bond donors (Lipinski definition) is 2. The maximum atomic E-state index is 12.0. The molecular weight excluding hydrogens is 272 g/mol. The highest BCUT2D eigenvalue weighted by atomic mass is 35.5. The van der Waals surface area contributed by atoms with E-state index in [4.69, 9.17) is 11.6 Å². The average Bonchev–Trinajstić information content (AvgIpc) is 2.97. The minimum absolute atomic E-state index is 0.0799. The zero-order valence-corrected chi connectivity index (χ0v) is 12.7. The van der Waals surface area contributed by atoms with E-state index < -0.39 is 0 Å². The highest BCUT2D eigenvalue weighted by Crippen LogP contribution is 2.19. The third kappa shape index (κ3) is 4.50. The molecule has 1 saturated heterocycles. The molecule has 1 aliphatic rings. The van der Waals surface area contributed by atoms with Crippen molar-refractivity contribution in [3.8, 4) is 0 Å². The van der Waals surface area contributed by atoms with Crippen LogP contribution in [0.15, 0.2) is 24.3 Å². The molecule has 1 heterocycles. The van der Waals surface area contributed by atoms with E-state index in [9.17, 15) is 4.79 Å². The fourth-order valence-corrected chi connectivity index (χ4v) is 2.82. The van der Waals surface area contributed by atoms with Crippen LogP contribution < -0.4 is 10.6 Å². The largest absolute Gasteiger partial charge is 0.349 e. The molecule has 0 saturated carbocycles. The monoisotopic (exact) mass is 294 g/mol. The van der Waals surface area contributed by atoms with Gasteiger partial charge in [-0.05, 0) is 49.9 Å². The van der Waals surface area contributed by atoms with Crippen LogP contribution in [0.2, 0.25) is 5.02 Å². The van der Waals surface area contributed by atoms with E-state index in [-0.39, 0.29) is 11.9 Å². The number of amides is 1. The van der Waals surface area contributed by atoms with Crippen LogP contribution in [0.5, 0.6) is 0 Å². The number of carbonyl (C=O) groups excluding carboxylic acids is 1. The molecule has 0 radical (unpaired) electrons. The molecule has 2 N–H and O–H groups in total. The van der Waals surface area contributed by atoms with E-state index in [1.807, 2.05) is 24.3 Å². The van der Waals surface area contributed by atoms with Gasteiger partial charge in [0.15, 0.2) is 0 Å². The molecule has 110 valence electrons. The lowest BCUT2D eigenvalue weighted by Gasteiger charge is -2.18. The lowest BCUT2D eigenvalue weighted by molar-refractivity contribution is -0.122. The molecular formula is C16H23ClN2O. The first-order valence-electron chi connectivity index (χ1n) is 7.47. The number of benzene rings is 1. The van der Waals surface area contributed by atoms with Crippen LogP contribution in [0.25, 0.3) is 0 Å². The van der Waals surface area contributed by atoms with Crippen LogP contribution in [0.3, 0.4) is 0 Å². The van der Waals surface area contributed by atoms with Gasteiger partial charge in [0.2, 0.25) is 5.91 Å². The highest BCUT2D eigenvalue weighted by molar-refractivity contribution is 6.30. The van der Waals surface area contributed by atoms with Crippen molar-refractivity contribution >= 4 is 17.5 Å². The van der Waals surface area contributed by atoms with Gasteiger partial charge in [0.05, 0.1) is 6.04 Å². The van der Waals surface area contributed by atoms with Crippen LogP contribution in [0.4, 0.5) is 0 Å². The summed E-state index contributed by atoms with van der Waals surface area (Å²) >= 11 is 5.89. The van der Waals surface area contributed by atoms with Gasteiger partial charge in [0.25, 0.3) is 0 Å². The summed E-state index contributed by atoms with van der Waals surface area (Å²) in [6.45, 7) is 3.17. The molecule has 1 aromatic rings. The number of carbonyl (C=O) groups is 1. The van der Waals surface area contributed by atoms with Crippen molar-refractivity contribution in [3.63, 3.8) is 0 Å². The Morgan fingerprint density at radius 2 is 2.20 bits per heavy atom. The van der Waals surface area contributed by atoms with E-state index in [0.29, 0.717) is 12.5 Å². The molecule has 0 aromatic heterocycles. The van der Waals surface area contributed by atoms with Crippen LogP contribution in [-0.2, 0) is 4.79 Å². The Bertz CT molecular complexity index is 427. The molecule has 2 unspecified atom stereocenters. The molecule has 4 heteroatoms. The normalized spacial score (nSPS) is 19.8. The molecule has 2 atom stereocenters. The lowest BCUT2D eigenvalue weighted by Crippen LogP contribution is -2.30. The number of hydrogen-bond acceptors (Lipinski definition) is 2. The van der Waals surface area contributed by atoms with Gasteiger partial charge in [-0.2, -0.15) is 0 Å². The molecule has 1 amide bonds. The first kappa shape index (κ1) is 15.3. The van der Waals surface area contributed by atoms with Gasteiger partial charge < -0.3 is 10.6 Å². The molecule has 1 aliphatic heterocycles. The zero-order valence-electron chi connectivity index (χ0n) is 12.0. The smallest absolute Gasteiger partial charge is 0.220 e. The Hall–Kier alpha value is -1.06. The van der Waals surface area contributed by atoms with E-state index in [1.54, 1.807) is 0 Å². The molecule has 1 aromatic carbocycles. The van der Waals surface area contributed by atoms with Crippen molar-refractivity contribution in [2.24, 2.45) is 0 Å². The fraction of sp³-hybridized carbons (Fsp3) is 0.562. The van der Waals surface area contributed by atoms with E-state index in [1.165, 1.54) is 12.8 Å². The van der Waals surface area contributed by atoms with Gasteiger partial charge in [0.1, 0.15) is 0 Å². The maximum absolute atomic E-state index is 12.0. The van der Waals surface area contributed by atoms with Gasteiger partial charge in [0, 0.05) is 17.5 Å². The quantitative estimate of drug-likeness (QED) is 0.844. The minimum Gasteiger partial charge on any atom is -0.349 e. The predicted molar refractivity (Wildman–Crippen MR) is 82.9 cm³/mol. The highest BCUT2D eigenvalue weighted by Gasteiger charge is 2.17. The molecule has 0 aliphatic carbocycles. The summed E-state index contributed by atoms with van der Waals surface area (Å²) in [4.78, 5) is 12.0. The molecule has 20 heavy (non-hydrogen) atoms. The molecule has 3 nitrogen and oxygen atoms in total. The Balaban J connectivity index is 1.82. The van der Waals surface area contributed by atoms with Crippen molar-refractivity contribution < 1.29 is 4.79 Å². The third-order valence-electron chi connectivity index (χ3n) is 3.90. The van der Waals surface area contributed by atoms with Gasteiger partial charge in [-0.1, -0.05) is 30.7 Å². The molecule has 2 rings (SSSR count). The summed E-state index contributed by atoms with van der Waals surface area (Å²) in [6, 6.07) is 8.31. The first-order valence-corrected chi connectivity index (χ1v) is 7.85. The van der Waals surface area contributed by atoms with E-state index >= 15 is 0 Å². The number of rotatable bonds is 6.